The van der Waals surface area contributed by atoms with Gasteiger partial charge in [-0.2, -0.15) is 0 Å². The van der Waals surface area contributed by atoms with E-state index in [0.29, 0.717) is 12.1 Å². The number of likely N-dealkylation sites (N-methyl/N-ethyl adjacent to an activating group) is 1. The van der Waals surface area contributed by atoms with Crippen molar-refractivity contribution < 1.29 is 19.1 Å². The van der Waals surface area contributed by atoms with Crippen LogP contribution in [0.3, 0.4) is 0 Å². The molecule has 0 aliphatic carbocycles. The maximum Gasteiger partial charge on any atom is 0.325 e. The lowest BCUT2D eigenvalue weighted by atomic mass is 9.84. The maximum absolute atomic E-state index is 13.3. The molecule has 1 fully saturated rings. The van der Waals surface area contributed by atoms with Gasteiger partial charge >= 0.3 is 6.03 Å². The summed E-state index contributed by atoms with van der Waals surface area (Å²) in [4.78, 5) is 41.5. The molecule has 3 aromatic rings. The molecule has 3 aromatic carbocycles. The molecule has 1 saturated heterocycles. The summed E-state index contributed by atoms with van der Waals surface area (Å²) in [5.74, 6) is 0.0336. The number of nitrogens with zero attached hydrogens (tertiary/aromatic N) is 2. The summed E-state index contributed by atoms with van der Waals surface area (Å²) in [6, 6.07) is 18.9. The first kappa shape index (κ1) is 25.2. The molecule has 0 radical (unpaired) electrons. The predicted molar refractivity (Wildman–Crippen MR) is 140 cm³/mol. The van der Waals surface area contributed by atoms with Crippen LogP contribution in [-0.2, 0) is 27.1 Å². The van der Waals surface area contributed by atoms with Crippen molar-refractivity contribution in [2.24, 2.45) is 0 Å². The summed E-state index contributed by atoms with van der Waals surface area (Å²) < 4.78 is 5.27. The molecule has 0 bridgehead atoms. The third kappa shape index (κ3) is 4.78. The molecule has 0 aromatic heterocycles. The minimum absolute atomic E-state index is 0.0245. The Kier molecular flexibility index (Phi) is 6.52. The van der Waals surface area contributed by atoms with Gasteiger partial charge in [0.15, 0.2) is 0 Å². The summed E-state index contributed by atoms with van der Waals surface area (Å²) in [5, 5.41) is 4.87. The van der Waals surface area contributed by atoms with Gasteiger partial charge in [0.05, 0.1) is 7.11 Å². The molecule has 188 valence electrons. The summed E-state index contributed by atoms with van der Waals surface area (Å²) in [7, 11) is 3.30. The van der Waals surface area contributed by atoms with Crippen LogP contribution in [0.5, 0.6) is 5.75 Å². The molecule has 0 saturated carbocycles. The number of rotatable bonds is 6. The number of hydrogen-bond acceptors (Lipinski definition) is 4. The SMILES string of the molecule is COc1ccc2cc(CN(C)C(=O)CN3C(=O)N[C@](C)(c4ccc(C(C)(C)C)cc4)C3=O)ccc2c1. The zero-order chi connectivity index (χ0) is 26.3. The normalized spacial score (nSPS) is 17.9. The zero-order valence-electron chi connectivity index (χ0n) is 21.7. The molecule has 7 heteroatoms. The van der Waals surface area contributed by atoms with Gasteiger partial charge in [-0.05, 0) is 58.0 Å². The molecule has 1 heterocycles. The van der Waals surface area contributed by atoms with Crippen molar-refractivity contribution in [3.05, 3.63) is 77.4 Å². The van der Waals surface area contributed by atoms with Crippen LogP contribution < -0.4 is 10.1 Å². The Morgan fingerprint density at radius 3 is 2.28 bits per heavy atom. The lowest BCUT2D eigenvalue weighted by Gasteiger charge is -2.25. The maximum atomic E-state index is 13.3. The highest BCUT2D eigenvalue weighted by Gasteiger charge is 2.49. The molecule has 0 spiro atoms. The van der Waals surface area contributed by atoms with E-state index in [1.165, 1.54) is 4.90 Å². The molecule has 0 unspecified atom stereocenters. The largest absolute Gasteiger partial charge is 0.497 e. The molecule has 1 N–H and O–H groups in total. The first-order valence-electron chi connectivity index (χ1n) is 12.0. The number of methoxy groups -OCH3 is 1. The molecule has 1 aliphatic rings. The molecule has 1 atom stereocenters. The smallest absolute Gasteiger partial charge is 0.325 e. The third-order valence-corrected chi connectivity index (χ3v) is 6.85. The van der Waals surface area contributed by atoms with E-state index in [-0.39, 0.29) is 17.9 Å². The van der Waals surface area contributed by atoms with Crippen molar-refractivity contribution >= 4 is 28.6 Å². The Morgan fingerprint density at radius 2 is 1.64 bits per heavy atom. The van der Waals surface area contributed by atoms with Gasteiger partial charge < -0.3 is 15.0 Å². The Labute approximate surface area is 212 Å². The van der Waals surface area contributed by atoms with Crippen LogP contribution in [-0.4, -0.2) is 48.3 Å². The van der Waals surface area contributed by atoms with Crippen LogP contribution in [0, 0.1) is 0 Å². The van der Waals surface area contributed by atoms with E-state index in [1.54, 1.807) is 21.1 Å². The average molecular weight is 488 g/mol. The van der Waals surface area contributed by atoms with E-state index in [2.05, 4.69) is 26.1 Å². The van der Waals surface area contributed by atoms with Gasteiger partial charge in [0, 0.05) is 13.6 Å². The molecule has 36 heavy (non-hydrogen) atoms. The highest BCUT2D eigenvalue weighted by Crippen LogP contribution is 2.31. The second-order valence-corrected chi connectivity index (χ2v) is 10.6. The fourth-order valence-corrected chi connectivity index (χ4v) is 4.46. The van der Waals surface area contributed by atoms with Crippen molar-refractivity contribution in [3.63, 3.8) is 0 Å². The summed E-state index contributed by atoms with van der Waals surface area (Å²) in [5.41, 5.74) is 1.53. The summed E-state index contributed by atoms with van der Waals surface area (Å²) >= 11 is 0. The van der Waals surface area contributed by atoms with Crippen LogP contribution in [0.2, 0.25) is 0 Å². The Bertz CT molecular complexity index is 1330. The number of carbonyl (C=O) groups is 3. The number of amides is 4. The number of urea groups is 1. The third-order valence-electron chi connectivity index (χ3n) is 6.85. The van der Waals surface area contributed by atoms with Gasteiger partial charge in [-0.25, -0.2) is 4.79 Å². The van der Waals surface area contributed by atoms with Crippen molar-refractivity contribution in [3.8, 4) is 5.75 Å². The minimum atomic E-state index is -1.22. The van der Waals surface area contributed by atoms with Crippen LogP contribution in [0.15, 0.2) is 60.7 Å². The number of nitrogens with one attached hydrogen (secondary N) is 1. The monoisotopic (exact) mass is 487 g/mol. The van der Waals surface area contributed by atoms with E-state index in [9.17, 15) is 14.4 Å². The topological polar surface area (TPSA) is 79.0 Å². The van der Waals surface area contributed by atoms with Crippen LogP contribution >= 0.6 is 0 Å². The van der Waals surface area contributed by atoms with Crippen molar-refractivity contribution in [2.45, 2.75) is 45.2 Å². The van der Waals surface area contributed by atoms with Crippen molar-refractivity contribution in [1.29, 1.82) is 0 Å². The molecular weight excluding hydrogens is 454 g/mol. The second kappa shape index (κ2) is 9.30. The van der Waals surface area contributed by atoms with Crippen LogP contribution in [0.1, 0.15) is 44.4 Å². The Morgan fingerprint density at radius 1 is 1.00 bits per heavy atom. The fourth-order valence-electron chi connectivity index (χ4n) is 4.46. The zero-order valence-corrected chi connectivity index (χ0v) is 21.7. The first-order valence-corrected chi connectivity index (χ1v) is 12.0. The molecule has 4 rings (SSSR count). The Balaban J connectivity index is 1.45. The van der Waals surface area contributed by atoms with E-state index >= 15 is 0 Å². The number of benzene rings is 3. The number of imide groups is 1. The molecule has 7 nitrogen and oxygen atoms in total. The summed E-state index contributed by atoms with van der Waals surface area (Å²) in [6.45, 7) is 8.07. The molecule has 4 amide bonds. The lowest BCUT2D eigenvalue weighted by Crippen LogP contribution is -2.43. The van der Waals surface area contributed by atoms with Gasteiger partial charge in [0.25, 0.3) is 5.91 Å². The standard InChI is InChI=1S/C29H33N3O4/c1-28(2,3)22-10-12-23(13-11-22)29(4)26(34)32(27(35)30-29)18-25(33)31(5)17-19-7-8-21-16-24(36-6)14-9-20(21)15-19/h7-16H,17-18H2,1-6H3,(H,30,35)/t29-/m1/s1. The van der Waals surface area contributed by atoms with Crippen molar-refractivity contribution in [2.75, 3.05) is 20.7 Å². The first-order chi connectivity index (χ1) is 16.9. The van der Waals surface area contributed by atoms with Gasteiger partial charge in [0.1, 0.15) is 17.8 Å². The van der Waals surface area contributed by atoms with E-state index in [0.717, 1.165) is 32.5 Å². The average Bonchev–Trinajstić information content (AvgIpc) is 3.06. The lowest BCUT2D eigenvalue weighted by molar-refractivity contribution is -0.138. The van der Waals surface area contributed by atoms with Crippen molar-refractivity contribution in [1.82, 2.24) is 15.1 Å². The number of ether oxygens (including phenoxy) is 1. The minimum Gasteiger partial charge on any atom is -0.497 e. The fraction of sp³-hybridized carbons (Fsp3) is 0.345. The van der Waals surface area contributed by atoms with Gasteiger partial charge in [-0.15, -0.1) is 0 Å². The van der Waals surface area contributed by atoms with Gasteiger partial charge in [-0.1, -0.05) is 63.2 Å². The molecular formula is C29H33N3O4. The Hall–Kier alpha value is -3.87. The second-order valence-electron chi connectivity index (χ2n) is 10.6. The van der Waals surface area contributed by atoms with Crippen LogP contribution in [0.4, 0.5) is 4.79 Å². The number of hydrogen-bond donors (Lipinski definition) is 1. The van der Waals surface area contributed by atoms with E-state index in [1.807, 2.05) is 60.7 Å². The van der Waals surface area contributed by atoms with Crippen LogP contribution in [0.25, 0.3) is 10.8 Å². The number of carbonyl (C=O) groups excluding carboxylic acids is 3. The van der Waals surface area contributed by atoms with E-state index in [4.69, 9.17) is 4.74 Å². The quantitative estimate of drug-likeness (QED) is 0.517. The van der Waals surface area contributed by atoms with Gasteiger partial charge in [-0.3, -0.25) is 14.5 Å². The predicted octanol–water partition coefficient (Wildman–Crippen LogP) is 4.57. The molecule has 1 aliphatic heterocycles. The highest BCUT2D eigenvalue weighted by atomic mass is 16.5. The highest BCUT2D eigenvalue weighted by molar-refractivity contribution is 6.09. The van der Waals surface area contributed by atoms with Gasteiger partial charge in [0.2, 0.25) is 5.91 Å². The van der Waals surface area contributed by atoms with E-state index < -0.39 is 17.5 Å². The number of fused-ring (bicyclic) bond motifs is 1. The summed E-state index contributed by atoms with van der Waals surface area (Å²) in [6.07, 6.45) is 0.